The average molecular weight is 144 g/mol. The molecular formula is C5H12MgO3. The van der Waals surface area contributed by atoms with Crippen molar-refractivity contribution in [2.45, 2.75) is 13.8 Å². The van der Waals surface area contributed by atoms with Gasteiger partial charge in [0, 0.05) is 0 Å². The van der Waals surface area contributed by atoms with Gasteiger partial charge in [0.25, 0.3) is 0 Å². The topological polar surface area (TPSA) is 35.5 Å². The van der Waals surface area contributed by atoms with E-state index < -0.39 is 6.16 Å². The monoisotopic (exact) mass is 144 g/mol. The van der Waals surface area contributed by atoms with Crippen LogP contribution in [0.1, 0.15) is 16.7 Å². The second kappa shape index (κ2) is 8.04. The smallest absolute Gasteiger partial charge is 1.00 e. The average Bonchev–Trinajstić information content (AvgIpc) is 1.68. The molecule has 0 N–H and O–H groups in total. The first-order chi connectivity index (χ1) is 3.81. The summed E-state index contributed by atoms with van der Waals surface area (Å²) in [5.74, 6) is 0. The third-order valence-electron chi connectivity index (χ3n) is 0.524. The van der Waals surface area contributed by atoms with E-state index in [9.17, 15) is 4.79 Å². The van der Waals surface area contributed by atoms with E-state index in [-0.39, 0.29) is 25.9 Å². The third kappa shape index (κ3) is 8.04. The molecular weight excluding hydrogens is 132 g/mol. The van der Waals surface area contributed by atoms with Crippen molar-refractivity contribution in [3.8, 4) is 0 Å². The fourth-order valence-electron chi connectivity index (χ4n) is 0.277. The number of hydrogen-bond acceptors (Lipinski definition) is 3. The summed E-state index contributed by atoms with van der Waals surface area (Å²) in [7, 11) is 0. The van der Waals surface area contributed by atoms with E-state index in [0.29, 0.717) is 13.2 Å². The van der Waals surface area contributed by atoms with Crippen LogP contribution in [-0.4, -0.2) is 42.4 Å². The maximum Gasteiger partial charge on any atom is 2.00 e. The van der Waals surface area contributed by atoms with Crippen LogP contribution in [0.5, 0.6) is 0 Å². The Balaban J connectivity index is -0.0000000817. The summed E-state index contributed by atoms with van der Waals surface area (Å²) in [5.41, 5.74) is 0. The molecule has 0 aromatic heterocycles. The van der Waals surface area contributed by atoms with E-state index in [4.69, 9.17) is 0 Å². The minimum atomic E-state index is -0.588. The summed E-state index contributed by atoms with van der Waals surface area (Å²) in [6.07, 6.45) is -0.588. The van der Waals surface area contributed by atoms with Gasteiger partial charge in [-0.25, -0.2) is 4.79 Å². The first-order valence-corrected chi connectivity index (χ1v) is 2.60. The Morgan fingerprint density at radius 1 is 1.33 bits per heavy atom. The first-order valence-electron chi connectivity index (χ1n) is 2.60. The maximum atomic E-state index is 10.2. The van der Waals surface area contributed by atoms with E-state index in [1.54, 1.807) is 13.8 Å². The van der Waals surface area contributed by atoms with Crippen LogP contribution >= 0.6 is 0 Å². The van der Waals surface area contributed by atoms with Crippen molar-refractivity contribution >= 4 is 29.2 Å². The summed E-state index contributed by atoms with van der Waals surface area (Å²) in [5, 5.41) is 0. The molecule has 0 rings (SSSR count). The molecule has 0 atom stereocenters. The molecule has 9 heavy (non-hydrogen) atoms. The van der Waals surface area contributed by atoms with Gasteiger partial charge in [-0.05, 0) is 13.8 Å². The van der Waals surface area contributed by atoms with Crippen molar-refractivity contribution in [3.05, 3.63) is 0 Å². The minimum Gasteiger partial charge on any atom is -1.00 e. The third-order valence-corrected chi connectivity index (χ3v) is 0.524. The molecule has 0 saturated heterocycles. The van der Waals surface area contributed by atoms with Gasteiger partial charge < -0.3 is 12.3 Å². The summed E-state index contributed by atoms with van der Waals surface area (Å²) < 4.78 is 8.84. The second-order valence-electron chi connectivity index (χ2n) is 1.12. The Morgan fingerprint density at radius 2 is 1.67 bits per heavy atom. The van der Waals surface area contributed by atoms with Gasteiger partial charge in [-0.3, -0.25) is 0 Å². The van der Waals surface area contributed by atoms with E-state index >= 15 is 0 Å². The second-order valence-corrected chi connectivity index (χ2v) is 1.12. The first kappa shape index (κ1) is 11.8. The largest absolute Gasteiger partial charge is 2.00 e. The molecule has 0 fully saturated rings. The Bertz CT molecular complexity index is 74.1. The minimum absolute atomic E-state index is 0. The fraction of sp³-hybridized carbons (Fsp3) is 0.800. The van der Waals surface area contributed by atoms with Gasteiger partial charge in [0.1, 0.15) is 0 Å². The van der Waals surface area contributed by atoms with E-state index in [1.807, 2.05) is 0 Å². The van der Waals surface area contributed by atoms with Crippen LogP contribution in [0.2, 0.25) is 0 Å². The molecule has 0 heterocycles. The summed E-state index contributed by atoms with van der Waals surface area (Å²) in [6, 6.07) is 0. The number of hydrogen-bond donors (Lipinski definition) is 0. The molecule has 0 aromatic carbocycles. The molecule has 0 aliphatic carbocycles. The summed E-state index contributed by atoms with van der Waals surface area (Å²) in [6.45, 7) is 4.21. The van der Waals surface area contributed by atoms with Crippen molar-refractivity contribution in [1.29, 1.82) is 0 Å². The zero-order valence-electron chi connectivity index (χ0n) is 7.85. The number of carbonyl (C=O) groups excluding carboxylic acids is 1. The molecule has 0 amide bonds. The number of rotatable bonds is 2. The van der Waals surface area contributed by atoms with Gasteiger partial charge in [-0.15, -0.1) is 0 Å². The normalized spacial score (nSPS) is 7.33. The molecule has 0 saturated carbocycles. The van der Waals surface area contributed by atoms with Gasteiger partial charge in [-0.1, -0.05) is 0 Å². The molecule has 3 nitrogen and oxygen atoms in total. The predicted octanol–water partition coefficient (Wildman–Crippen LogP) is 1.02. The quantitative estimate of drug-likeness (QED) is 0.429. The predicted molar refractivity (Wildman–Crippen MR) is 36.6 cm³/mol. The SMILES string of the molecule is CCOC(=O)OCC.[H-].[H-].[Mg+2]. The zero-order chi connectivity index (χ0) is 6.41. The molecule has 0 unspecified atom stereocenters. The Morgan fingerprint density at radius 3 is 1.89 bits per heavy atom. The molecule has 0 radical (unpaired) electrons. The Kier molecular flexibility index (Phi) is 10.5. The Hall–Kier alpha value is 0.0362. The molecule has 0 spiro atoms. The van der Waals surface area contributed by atoms with Gasteiger partial charge in [0.15, 0.2) is 0 Å². The molecule has 0 bridgehead atoms. The van der Waals surface area contributed by atoms with Gasteiger partial charge in [0.05, 0.1) is 13.2 Å². The Labute approximate surface area is 73.8 Å². The summed E-state index contributed by atoms with van der Waals surface area (Å²) >= 11 is 0. The number of ether oxygens (including phenoxy) is 2. The van der Waals surface area contributed by atoms with Gasteiger partial charge in [0.2, 0.25) is 0 Å². The van der Waals surface area contributed by atoms with Gasteiger partial charge in [-0.2, -0.15) is 0 Å². The van der Waals surface area contributed by atoms with Crippen LogP contribution in [0.15, 0.2) is 0 Å². The molecule has 4 heteroatoms. The van der Waals surface area contributed by atoms with E-state index in [0.717, 1.165) is 0 Å². The van der Waals surface area contributed by atoms with E-state index in [1.165, 1.54) is 0 Å². The van der Waals surface area contributed by atoms with Crippen molar-refractivity contribution < 1.29 is 17.1 Å². The van der Waals surface area contributed by atoms with Crippen LogP contribution in [0.4, 0.5) is 4.79 Å². The molecule has 52 valence electrons. The van der Waals surface area contributed by atoms with Crippen LogP contribution in [0.3, 0.4) is 0 Å². The molecule has 0 aromatic rings. The summed E-state index contributed by atoms with van der Waals surface area (Å²) in [4.78, 5) is 10.2. The zero-order valence-corrected chi connectivity index (χ0v) is 7.26. The van der Waals surface area contributed by atoms with Crippen LogP contribution in [0.25, 0.3) is 0 Å². The van der Waals surface area contributed by atoms with Gasteiger partial charge >= 0.3 is 29.2 Å². The van der Waals surface area contributed by atoms with Crippen molar-refractivity contribution in [3.63, 3.8) is 0 Å². The van der Waals surface area contributed by atoms with Crippen LogP contribution in [-0.2, 0) is 9.47 Å². The standard InChI is InChI=1S/C5H10O3.Mg.2H/c1-3-7-5(6)8-4-2;;;/h3-4H2,1-2H3;;;/q;+2;2*-1. The van der Waals surface area contributed by atoms with Crippen molar-refractivity contribution in [2.75, 3.05) is 13.2 Å². The van der Waals surface area contributed by atoms with Crippen LogP contribution in [0, 0.1) is 0 Å². The molecule has 0 aliphatic heterocycles. The number of carbonyl (C=O) groups is 1. The maximum absolute atomic E-state index is 10.2. The van der Waals surface area contributed by atoms with E-state index in [2.05, 4.69) is 9.47 Å². The molecule has 0 aliphatic rings. The van der Waals surface area contributed by atoms with Crippen molar-refractivity contribution in [2.24, 2.45) is 0 Å². The van der Waals surface area contributed by atoms with Crippen LogP contribution < -0.4 is 0 Å². The fourth-order valence-corrected chi connectivity index (χ4v) is 0.277. The van der Waals surface area contributed by atoms with Crippen molar-refractivity contribution in [1.82, 2.24) is 0 Å².